The summed E-state index contributed by atoms with van der Waals surface area (Å²) >= 11 is 0. The van der Waals surface area contributed by atoms with Crippen LogP contribution in [-0.2, 0) is 96.5 Å². The molecule has 0 radical (unpaired) electrons. The second kappa shape index (κ2) is 31.6. The van der Waals surface area contributed by atoms with Crippen LogP contribution >= 0.6 is 0 Å². The van der Waals surface area contributed by atoms with Gasteiger partial charge in [0.15, 0.2) is 18.7 Å². The molecule has 0 aromatic heterocycles. The fourth-order valence-corrected chi connectivity index (χ4v) is 9.53. The molecule has 12 heteroatoms. The van der Waals surface area contributed by atoms with Gasteiger partial charge >= 0.3 is 5.97 Å². The number of esters is 1. The van der Waals surface area contributed by atoms with Crippen LogP contribution in [0.2, 0.25) is 0 Å². The van der Waals surface area contributed by atoms with E-state index in [2.05, 4.69) is 6.92 Å². The van der Waals surface area contributed by atoms with Gasteiger partial charge in [-0.1, -0.05) is 221 Å². The lowest BCUT2D eigenvalue weighted by molar-refractivity contribution is -0.228. The molecule has 2 aliphatic rings. The van der Waals surface area contributed by atoms with Crippen LogP contribution in [0.25, 0.3) is 0 Å². The van der Waals surface area contributed by atoms with Crippen molar-refractivity contribution in [3.05, 3.63) is 215 Å². The first-order valence-corrected chi connectivity index (χ1v) is 27.1. The van der Waals surface area contributed by atoms with Crippen molar-refractivity contribution in [3.63, 3.8) is 0 Å². The van der Waals surface area contributed by atoms with Gasteiger partial charge in [-0.05, 0) is 39.8 Å². The number of hydrogen-bond acceptors (Lipinski definition) is 12. The molecular formula is C64H76O12. The molecule has 12 nitrogen and oxygen atoms in total. The molecule has 0 saturated carbocycles. The van der Waals surface area contributed by atoms with E-state index in [-0.39, 0.29) is 33.0 Å². The van der Waals surface area contributed by atoms with Crippen molar-refractivity contribution in [3.8, 4) is 0 Å². The van der Waals surface area contributed by atoms with E-state index in [9.17, 15) is 4.79 Å². The minimum atomic E-state index is -1.04. The minimum absolute atomic E-state index is 0.0200. The molecule has 2 heterocycles. The second-order valence-corrected chi connectivity index (χ2v) is 19.4. The summed E-state index contributed by atoms with van der Waals surface area (Å²) in [6.07, 6.45) is -1.31. The summed E-state index contributed by atoms with van der Waals surface area (Å²) in [6.45, 7) is 5.69. The zero-order valence-electron chi connectivity index (χ0n) is 44.1. The molecular weight excluding hydrogens is 961 g/mol. The van der Waals surface area contributed by atoms with E-state index in [1.807, 2.05) is 182 Å². The van der Waals surface area contributed by atoms with Gasteiger partial charge in [0.25, 0.3) is 0 Å². The number of carbonyl (C=O) groups is 1. The van der Waals surface area contributed by atoms with Crippen LogP contribution in [-0.4, -0.2) is 87.2 Å². The van der Waals surface area contributed by atoms with E-state index in [0.29, 0.717) is 26.4 Å². The van der Waals surface area contributed by atoms with Gasteiger partial charge in [-0.2, -0.15) is 0 Å². The SMILES string of the molecule is CCCCCCCCO[C@@H]1O[C@@H]([C@@H](COC2O[C@@H]([C@@H](COCc3ccccc3)OC(C)=O)[C@H](OCc3ccccc3)[C@H]2OCc2ccccc2)OCc2ccccc2)[C@H](OCc2ccccc2)[C@H]1OCc1ccccc1. The van der Waals surface area contributed by atoms with Gasteiger partial charge in [0, 0.05) is 13.5 Å². The van der Waals surface area contributed by atoms with E-state index in [1.165, 1.54) is 26.2 Å². The van der Waals surface area contributed by atoms with Gasteiger partial charge in [0.2, 0.25) is 0 Å². The molecule has 2 fully saturated rings. The topological polar surface area (TPSA) is 119 Å². The largest absolute Gasteiger partial charge is 0.457 e. The van der Waals surface area contributed by atoms with Crippen LogP contribution < -0.4 is 0 Å². The van der Waals surface area contributed by atoms with E-state index >= 15 is 0 Å². The maximum atomic E-state index is 12.9. The van der Waals surface area contributed by atoms with Gasteiger partial charge in [-0.3, -0.25) is 4.79 Å². The first kappa shape index (κ1) is 56.6. The third kappa shape index (κ3) is 18.0. The highest BCUT2D eigenvalue weighted by atomic mass is 16.8. The molecule has 0 spiro atoms. The molecule has 10 atom stereocenters. The summed E-state index contributed by atoms with van der Waals surface area (Å²) in [5.41, 5.74) is 5.85. The third-order valence-corrected chi connectivity index (χ3v) is 13.5. The summed E-state index contributed by atoms with van der Waals surface area (Å²) in [6, 6.07) is 59.8. The Morgan fingerprint density at radius 1 is 0.408 bits per heavy atom. The van der Waals surface area contributed by atoms with E-state index in [0.717, 1.165) is 52.6 Å². The van der Waals surface area contributed by atoms with Crippen molar-refractivity contribution in [2.24, 2.45) is 0 Å². The number of hydrogen-bond donors (Lipinski definition) is 0. The monoisotopic (exact) mass is 1040 g/mol. The van der Waals surface area contributed by atoms with Gasteiger partial charge in [-0.25, -0.2) is 0 Å². The first-order valence-electron chi connectivity index (χ1n) is 27.1. The van der Waals surface area contributed by atoms with Gasteiger partial charge in [-0.15, -0.1) is 0 Å². The third-order valence-electron chi connectivity index (χ3n) is 13.5. The number of carbonyl (C=O) groups excluding carboxylic acids is 1. The predicted molar refractivity (Wildman–Crippen MR) is 289 cm³/mol. The summed E-state index contributed by atoms with van der Waals surface area (Å²) in [4.78, 5) is 12.9. The van der Waals surface area contributed by atoms with Gasteiger partial charge in [0.1, 0.15) is 42.7 Å². The van der Waals surface area contributed by atoms with Crippen molar-refractivity contribution in [2.75, 3.05) is 19.8 Å². The Bertz CT molecular complexity index is 2470. The molecule has 76 heavy (non-hydrogen) atoms. The summed E-state index contributed by atoms with van der Waals surface area (Å²) in [5, 5.41) is 0. The normalized spacial score (nSPS) is 22.1. The fraction of sp³-hybridized carbons (Fsp3) is 0.422. The number of rotatable bonds is 33. The Morgan fingerprint density at radius 3 is 1.21 bits per heavy atom. The molecule has 404 valence electrons. The zero-order valence-corrected chi connectivity index (χ0v) is 44.1. The average Bonchev–Trinajstić information content (AvgIpc) is 4.00. The van der Waals surface area contributed by atoms with Crippen molar-refractivity contribution >= 4 is 5.97 Å². The lowest BCUT2D eigenvalue weighted by atomic mass is 10.0. The Hall–Kier alpha value is -5.61. The van der Waals surface area contributed by atoms with Gasteiger partial charge < -0.3 is 52.1 Å². The highest BCUT2D eigenvalue weighted by Crippen LogP contribution is 2.36. The Balaban J connectivity index is 1.11. The Morgan fingerprint density at radius 2 is 0.776 bits per heavy atom. The summed E-state index contributed by atoms with van der Waals surface area (Å²) < 4.78 is 74.5. The Kier molecular flexibility index (Phi) is 23.5. The van der Waals surface area contributed by atoms with Crippen LogP contribution in [0.3, 0.4) is 0 Å². The molecule has 0 aliphatic carbocycles. The highest BCUT2D eigenvalue weighted by molar-refractivity contribution is 5.66. The van der Waals surface area contributed by atoms with E-state index in [1.54, 1.807) is 0 Å². The molecule has 6 aromatic rings. The molecule has 1 unspecified atom stereocenters. The molecule has 2 aliphatic heterocycles. The number of unbranched alkanes of at least 4 members (excludes halogenated alkanes) is 5. The van der Waals surface area contributed by atoms with Crippen LogP contribution in [0.4, 0.5) is 0 Å². The van der Waals surface area contributed by atoms with E-state index in [4.69, 9.17) is 52.1 Å². The fourth-order valence-electron chi connectivity index (χ4n) is 9.53. The van der Waals surface area contributed by atoms with Crippen molar-refractivity contribution < 1.29 is 56.9 Å². The summed E-state index contributed by atoms with van der Waals surface area (Å²) in [5.74, 6) is -0.489. The molecule has 8 rings (SSSR count). The highest BCUT2D eigenvalue weighted by Gasteiger charge is 2.54. The van der Waals surface area contributed by atoms with Crippen LogP contribution in [0.5, 0.6) is 0 Å². The molecule has 6 aromatic carbocycles. The molecule has 2 saturated heterocycles. The van der Waals surface area contributed by atoms with Gasteiger partial charge in [0.05, 0.1) is 52.9 Å². The number of benzene rings is 6. The first-order chi connectivity index (χ1) is 37.5. The summed E-state index contributed by atoms with van der Waals surface area (Å²) in [7, 11) is 0. The molecule has 0 N–H and O–H groups in total. The van der Waals surface area contributed by atoms with E-state index < -0.39 is 67.4 Å². The smallest absolute Gasteiger partial charge is 0.303 e. The van der Waals surface area contributed by atoms with Crippen LogP contribution in [0.1, 0.15) is 85.8 Å². The predicted octanol–water partition coefficient (Wildman–Crippen LogP) is 11.9. The van der Waals surface area contributed by atoms with Crippen LogP contribution in [0, 0.1) is 0 Å². The zero-order chi connectivity index (χ0) is 52.4. The van der Waals surface area contributed by atoms with Crippen molar-refractivity contribution in [1.82, 2.24) is 0 Å². The quantitative estimate of drug-likeness (QED) is 0.0288. The maximum absolute atomic E-state index is 12.9. The molecule has 0 amide bonds. The lowest BCUT2D eigenvalue weighted by Gasteiger charge is -2.31. The average molecular weight is 1040 g/mol. The second-order valence-electron chi connectivity index (χ2n) is 19.4. The lowest BCUT2D eigenvalue weighted by Crippen LogP contribution is -2.46. The van der Waals surface area contributed by atoms with Crippen molar-refractivity contribution in [1.29, 1.82) is 0 Å². The Labute approximate surface area is 449 Å². The number of ether oxygens (including phenoxy) is 11. The minimum Gasteiger partial charge on any atom is -0.457 e. The standard InChI is InChI=1S/C64H76O12/c1-3-4-5-6-7-26-39-67-63-61(71-44-53-35-22-12-23-36-53)59(69-42-51-31-18-10-19-32-51)57(75-63)55(68-41-50-29-16-9-17-30-50)47-73-64-62(72-45-54-37-24-13-25-38-54)60(70-43-52-33-20-11-21-34-52)58(76-64)56(74-48(2)65)46-66-40-49-27-14-8-15-28-49/h8-25,27-38,55-64H,3-7,26,39-47H2,1-2H3/t55-,56-,57+,58+,59+,60+,61-,62-,63-,64?/m1/s1. The molecule has 0 bridgehead atoms. The van der Waals surface area contributed by atoms with Crippen molar-refractivity contribution in [2.45, 2.75) is 153 Å². The van der Waals surface area contributed by atoms with Crippen LogP contribution in [0.15, 0.2) is 182 Å². The maximum Gasteiger partial charge on any atom is 0.303 e.